The molecular weight excluding hydrogens is 693 g/mol. The number of carbonyl (C=O) groups excluding carboxylic acids is 2. The molecule has 0 radical (unpaired) electrons. The van der Waals surface area contributed by atoms with Crippen LogP contribution in [0.15, 0.2) is 0 Å². The molecule has 1 unspecified atom stereocenters. The highest BCUT2D eigenvalue weighted by atomic mass is 16.6. The molecule has 0 saturated carbocycles. The maximum Gasteiger partial charge on any atom is 0.306 e. The summed E-state index contributed by atoms with van der Waals surface area (Å²) in [6.45, 7) is 7.87. The van der Waals surface area contributed by atoms with Crippen LogP contribution < -0.4 is 0 Å². The zero-order valence-electron chi connectivity index (χ0n) is 38.4. The summed E-state index contributed by atoms with van der Waals surface area (Å²) >= 11 is 0. The lowest BCUT2D eigenvalue weighted by molar-refractivity contribution is -0.163. The lowest BCUT2D eigenvalue weighted by Gasteiger charge is -2.18. The summed E-state index contributed by atoms with van der Waals surface area (Å²) in [5.41, 5.74) is 0. The normalized spacial score (nSPS) is 12.0. The topological polar surface area (TPSA) is 61.8 Å². The SMILES string of the molecule is CCCCCCCCCCCCCCCCCCCCOCC(COC(=O)CCCCCCCCCCCCCCCCC)OC(=O)CCCCCCCCC. The predicted molar refractivity (Wildman–Crippen MR) is 243 cm³/mol. The fourth-order valence-electron chi connectivity index (χ4n) is 7.81. The van der Waals surface area contributed by atoms with Crippen molar-refractivity contribution in [2.24, 2.45) is 0 Å². The van der Waals surface area contributed by atoms with Gasteiger partial charge >= 0.3 is 11.9 Å². The van der Waals surface area contributed by atoms with Crippen molar-refractivity contribution in [3.8, 4) is 0 Å². The summed E-state index contributed by atoms with van der Waals surface area (Å²) in [4.78, 5) is 25.2. The summed E-state index contributed by atoms with van der Waals surface area (Å²) in [6, 6.07) is 0. The molecule has 0 bridgehead atoms. The smallest absolute Gasteiger partial charge is 0.306 e. The molecule has 0 amide bonds. The third kappa shape index (κ3) is 45.6. The van der Waals surface area contributed by atoms with E-state index in [1.807, 2.05) is 0 Å². The Morgan fingerprint density at radius 2 is 0.589 bits per heavy atom. The first-order valence-corrected chi connectivity index (χ1v) is 25.6. The molecule has 0 rings (SSSR count). The molecule has 0 saturated heterocycles. The molecule has 56 heavy (non-hydrogen) atoms. The summed E-state index contributed by atoms with van der Waals surface area (Å²) in [5.74, 6) is -0.380. The highest BCUT2D eigenvalue weighted by Crippen LogP contribution is 2.16. The molecule has 5 nitrogen and oxygen atoms in total. The zero-order valence-corrected chi connectivity index (χ0v) is 38.4. The van der Waals surface area contributed by atoms with Crippen LogP contribution in [0.5, 0.6) is 0 Å². The molecule has 5 heteroatoms. The first-order valence-electron chi connectivity index (χ1n) is 25.6. The first kappa shape index (κ1) is 54.9. The van der Waals surface area contributed by atoms with Crippen molar-refractivity contribution in [2.75, 3.05) is 19.8 Å². The van der Waals surface area contributed by atoms with Gasteiger partial charge in [-0.15, -0.1) is 0 Å². The largest absolute Gasteiger partial charge is 0.462 e. The standard InChI is InChI=1S/C51H100O5/c1-4-7-10-13-16-18-20-22-24-25-26-28-30-32-34-37-40-43-46-54-47-49(56-51(53)45-42-39-35-15-12-9-6-3)48-55-50(52)44-41-38-36-33-31-29-27-23-21-19-17-14-11-8-5-2/h49H,4-48H2,1-3H3. The van der Waals surface area contributed by atoms with E-state index in [1.165, 1.54) is 225 Å². The van der Waals surface area contributed by atoms with Gasteiger partial charge in [-0.2, -0.15) is 0 Å². The van der Waals surface area contributed by atoms with E-state index >= 15 is 0 Å². The van der Waals surface area contributed by atoms with E-state index < -0.39 is 6.10 Å². The van der Waals surface area contributed by atoms with Crippen LogP contribution in [0.2, 0.25) is 0 Å². The van der Waals surface area contributed by atoms with E-state index in [0.717, 1.165) is 32.1 Å². The van der Waals surface area contributed by atoms with Gasteiger partial charge in [-0.1, -0.05) is 258 Å². The Morgan fingerprint density at radius 3 is 0.911 bits per heavy atom. The molecule has 0 aromatic heterocycles. The highest BCUT2D eigenvalue weighted by Gasteiger charge is 2.17. The van der Waals surface area contributed by atoms with E-state index in [-0.39, 0.29) is 18.5 Å². The van der Waals surface area contributed by atoms with Crippen LogP contribution in [0.4, 0.5) is 0 Å². The van der Waals surface area contributed by atoms with E-state index in [1.54, 1.807) is 0 Å². The third-order valence-electron chi connectivity index (χ3n) is 11.6. The number of hydrogen-bond donors (Lipinski definition) is 0. The number of ether oxygens (including phenoxy) is 3. The monoisotopic (exact) mass is 793 g/mol. The molecular formula is C51H100O5. The van der Waals surface area contributed by atoms with Gasteiger partial charge in [0.15, 0.2) is 6.10 Å². The van der Waals surface area contributed by atoms with Crippen molar-refractivity contribution in [3.05, 3.63) is 0 Å². The molecule has 0 heterocycles. The van der Waals surface area contributed by atoms with Crippen molar-refractivity contribution in [1.29, 1.82) is 0 Å². The van der Waals surface area contributed by atoms with E-state index in [4.69, 9.17) is 14.2 Å². The number of hydrogen-bond acceptors (Lipinski definition) is 5. The van der Waals surface area contributed by atoms with Crippen LogP contribution in [0.3, 0.4) is 0 Å². The molecule has 0 aliphatic carbocycles. The summed E-state index contributed by atoms with van der Waals surface area (Å²) < 4.78 is 17.3. The van der Waals surface area contributed by atoms with Crippen molar-refractivity contribution in [1.82, 2.24) is 0 Å². The van der Waals surface area contributed by atoms with Gasteiger partial charge in [0, 0.05) is 19.4 Å². The molecule has 0 aromatic carbocycles. The zero-order chi connectivity index (χ0) is 40.7. The van der Waals surface area contributed by atoms with Crippen LogP contribution in [-0.4, -0.2) is 37.9 Å². The Hall–Kier alpha value is -1.10. The van der Waals surface area contributed by atoms with E-state index in [0.29, 0.717) is 26.1 Å². The summed E-state index contributed by atoms with van der Waals surface area (Å²) in [5, 5.41) is 0. The molecule has 0 aliphatic heterocycles. The molecule has 334 valence electrons. The third-order valence-corrected chi connectivity index (χ3v) is 11.6. The maximum atomic E-state index is 12.7. The minimum Gasteiger partial charge on any atom is -0.462 e. The van der Waals surface area contributed by atoms with Gasteiger partial charge in [-0.3, -0.25) is 9.59 Å². The average Bonchev–Trinajstić information content (AvgIpc) is 3.20. The second-order valence-corrected chi connectivity index (χ2v) is 17.5. The van der Waals surface area contributed by atoms with Gasteiger partial charge in [0.1, 0.15) is 6.61 Å². The number of esters is 2. The van der Waals surface area contributed by atoms with Gasteiger partial charge in [0.2, 0.25) is 0 Å². The lowest BCUT2D eigenvalue weighted by atomic mass is 10.0. The second kappa shape index (κ2) is 48.3. The van der Waals surface area contributed by atoms with Gasteiger partial charge in [-0.05, 0) is 19.3 Å². The Bertz CT molecular complexity index is 769. The molecule has 1 atom stereocenters. The van der Waals surface area contributed by atoms with Gasteiger partial charge in [0.05, 0.1) is 6.61 Å². The fraction of sp³-hybridized carbons (Fsp3) is 0.961. The molecule has 0 aromatic rings. The van der Waals surface area contributed by atoms with Crippen LogP contribution >= 0.6 is 0 Å². The lowest BCUT2D eigenvalue weighted by Crippen LogP contribution is -2.30. The Kier molecular flexibility index (Phi) is 47.3. The number of rotatable bonds is 48. The highest BCUT2D eigenvalue weighted by molar-refractivity contribution is 5.70. The Morgan fingerprint density at radius 1 is 0.321 bits per heavy atom. The number of carbonyl (C=O) groups is 2. The molecule has 0 spiro atoms. The van der Waals surface area contributed by atoms with Crippen LogP contribution in [0, 0.1) is 0 Å². The van der Waals surface area contributed by atoms with Gasteiger partial charge < -0.3 is 14.2 Å². The van der Waals surface area contributed by atoms with Crippen LogP contribution in [0.25, 0.3) is 0 Å². The molecule has 0 fully saturated rings. The molecule has 0 N–H and O–H groups in total. The van der Waals surface area contributed by atoms with Gasteiger partial charge in [-0.25, -0.2) is 0 Å². The van der Waals surface area contributed by atoms with Gasteiger partial charge in [0.25, 0.3) is 0 Å². The second-order valence-electron chi connectivity index (χ2n) is 17.5. The van der Waals surface area contributed by atoms with Crippen molar-refractivity contribution in [3.63, 3.8) is 0 Å². The van der Waals surface area contributed by atoms with Crippen molar-refractivity contribution >= 4 is 11.9 Å². The quantitative estimate of drug-likeness (QED) is 0.0454. The Labute approximate surface area is 351 Å². The van der Waals surface area contributed by atoms with Crippen LogP contribution in [0.1, 0.15) is 290 Å². The fourth-order valence-corrected chi connectivity index (χ4v) is 7.81. The first-order chi connectivity index (χ1) is 27.6. The minimum absolute atomic E-state index is 0.0967. The summed E-state index contributed by atoms with van der Waals surface area (Å²) in [7, 11) is 0. The minimum atomic E-state index is -0.521. The van der Waals surface area contributed by atoms with E-state index in [9.17, 15) is 9.59 Å². The van der Waals surface area contributed by atoms with E-state index in [2.05, 4.69) is 20.8 Å². The predicted octanol–water partition coefficient (Wildman–Crippen LogP) is 16.9. The maximum absolute atomic E-state index is 12.7. The van der Waals surface area contributed by atoms with Crippen molar-refractivity contribution < 1.29 is 23.8 Å². The van der Waals surface area contributed by atoms with Crippen molar-refractivity contribution in [2.45, 2.75) is 297 Å². The molecule has 0 aliphatic rings. The number of unbranched alkanes of at least 4 members (excludes halogenated alkanes) is 37. The van der Waals surface area contributed by atoms with Crippen LogP contribution in [-0.2, 0) is 23.8 Å². The Balaban J connectivity index is 4.03. The summed E-state index contributed by atoms with van der Waals surface area (Å²) in [6.07, 6.45) is 52.6. The average molecular weight is 793 g/mol.